The maximum atomic E-state index is 13.4. The Morgan fingerprint density at radius 3 is 2.42 bits per heavy atom. The number of carbonyl (C=O) groups excluding carboxylic acids is 3. The van der Waals surface area contributed by atoms with Gasteiger partial charge in [-0.2, -0.15) is 13.2 Å². The van der Waals surface area contributed by atoms with Gasteiger partial charge in [-0.25, -0.2) is 4.79 Å². The predicted molar refractivity (Wildman–Crippen MR) is 139 cm³/mol. The van der Waals surface area contributed by atoms with Gasteiger partial charge in [-0.1, -0.05) is 12.1 Å². The fraction of sp³-hybridized carbons (Fsp3) is 0.185. The van der Waals surface area contributed by atoms with E-state index < -0.39 is 29.5 Å². The summed E-state index contributed by atoms with van der Waals surface area (Å²) >= 11 is 5.11. The maximum absolute atomic E-state index is 13.4. The Labute approximate surface area is 221 Å². The number of nitrogens with one attached hydrogen (secondary N) is 1. The first-order chi connectivity index (χ1) is 17.8. The molecule has 1 N–H and O–H groups in total. The van der Waals surface area contributed by atoms with Gasteiger partial charge in [0.15, 0.2) is 5.11 Å². The molecule has 1 aliphatic rings. The van der Waals surface area contributed by atoms with E-state index >= 15 is 0 Å². The number of nitrogens with zero attached hydrogens (tertiary/aromatic N) is 2. The molecule has 7 nitrogen and oxygen atoms in total. The second kappa shape index (κ2) is 9.90. The van der Waals surface area contributed by atoms with E-state index in [9.17, 15) is 27.6 Å². The van der Waals surface area contributed by atoms with Crippen molar-refractivity contribution < 1.29 is 32.3 Å². The molecule has 3 aromatic rings. The van der Waals surface area contributed by atoms with Gasteiger partial charge in [0.2, 0.25) is 0 Å². The SMILES string of the molecule is COC(=O)c1ccc(C)c(-n2c(C)cc(/C=C3\C(=O)NC(=S)N(c4cccc(C(F)(F)F)c4)C3=O)c2C)c1. The fourth-order valence-corrected chi connectivity index (χ4v) is 4.55. The molecule has 0 aliphatic carbocycles. The summed E-state index contributed by atoms with van der Waals surface area (Å²) in [6.45, 7) is 5.48. The maximum Gasteiger partial charge on any atom is 0.416 e. The van der Waals surface area contributed by atoms with Crippen molar-refractivity contribution in [2.45, 2.75) is 26.9 Å². The lowest BCUT2D eigenvalue weighted by molar-refractivity contribution is -0.137. The van der Waals surface area contributed by atoms with Crippen molar-refractivity contribution in [1.82, 2.24) is 9.88 Å². The van der Waals surface area contributed by atoms with E-state index in [2.05, 4.69) is 5.32 Å². The molecule has 1 aliphatic heterocycles. The average molecular weight is 542 g/mol. The van der Waals surface area contributed by atoms with Crippen molar-refractivity contribution >= 4 is 46.9 Å². The Hall–Kier alpha value is -4.25. The lowest BCUT2D eigenvalue weighted by Gasteiger charge is -2.29. The van der Waals surface area contributed by atoms with E-state index in [1.807, 2.05) is 18.4 Å². The topological polar surface area (TPSA) is 80.6 Å². The van der Waals surface area contributed by atoms with Crippen molar-refractivity contribution in [3.05, 3.63) is 87.7 Å². The summed E-state index contributed by atoms with van der Waals surface area (Å²) in [5.74, 6) is -2.12. The number of ether oxygens (including phenoxy) is 1. The third-order valence-electron chi connectivity index (χ3n) is 6.17. The second-order valence-electron chi connectivity index (χ2n) is 8.66. The van der Waals surface area contributed by atoms with Crippen LogP contribution in [-0.2, 0) is 20.5 Å². The number of thiocarbonyl (C=S) groups is 1. The monoisotopic (exact) mass is 541 g/mol. The molecule has 38 heavy (non-hydrogen) atoms. The Balaban J connectivity index is 1.78. The van der Waals surface area contributed by atoms with Crippen LogP contribution in [0.4, 0.5) is 18.9 Å². The molecule has 0 unspecified atom stereocenters. The Kier molecular flexibility index (Phi) is 6.98. The third-order valence-corrected chi connectivity index (χ3v) is 6.46. The van der Waals surface area contributed by atoms with Crippen LogP contribution >= 0.6 is 12.2 Å². The molecule has 0 saturated carbocycles. The first-order valence-electron chi connectivity index (χ1n) is 11.3. The number of rotatable bonds is 4. The van der Waals surface area contributed by atoms with Crippen LogP contribution in [0.15, 0.2) is 54.1 Å². The van der Waals surface area contributed by atoms with Crippen LogP contribution in [0.3, 0.4) is 0 Å². The minimum absolute atomic E-state index is 0.124. The number of alkyl halides is 3. The first kappa shape index (κ1) is 26.8. The molecule has 196 valence electrons. The van der Waals surface area contributed by atoms with Crippen molar-refractivity contribution in [2.75, 3.05) is 12.0 Å². The van der Waals surface area contributed by atoms with Gasteiger partial charge in [-0.05, 0) is 86.6 Å². The number of hydrogen-bond acceptors (Lipinski definition) is 5. The molecule has 1 aromatic heterocycles. The average Bonchev–Trinajstić information content (AvgIpc) is 3.13. The normalized spacial score (nSPS) is 15.2. The molecule has 2 aromatic carbocycles. The number of halogens is 3. The smallest absolute Gasteiger partial charge is 0.416 e. The minimum atomic E-state index is -4.63. The number of aryl methyl sites for hydroxylation is 2. The summed E-state index contributed by atoms with van der Waals surface area (Å²) < 4.78 is 46.4. The van der Waals surface area contributed by atoms with E-state index in [0.29, 0.717) is 22.5 Å². The number of amides is 2. The van der Waals surface area contributed by atoms with Crippen molar-refractivity contribution in [3.8, 4) is 5.69 Å². The molecule has 0 spiro atoms. The quantitative estimate of drug-likeness (QED) is 0.217. The summed E-state index contributed by atoms with van der Waals surface area (Å²) in [4.78, 5) is 39.0. The van der Waals surface area contributed by atoms with Gasteiger partial charge < -0.3 is 9.30 Å². The molecular formula is C27H22F3N3O4S. The van der Waals surface area contributed by atoms with Crippen LogP contribution in [-0.4, -0.2) is 34.6 Å². The first-order valence-corrected chi connectivity index (χ1v) is 11.7. The minimum Gasteiger partial charge on any atom is -0.465 e. The molecule has 1 saturated heterocycles. The van der Waals surface area contributed by atoms with Gasteiger partial charge in [0.05, 0.1) is 23.9 Å². The van der Waals surface area contributed by atoms with E-state index in [-0.39, 0.29) is 16.4 Å². The van der Waals surface area contributed by atoms with Gasteiger partial charge >= 0.3 is 12.1 Å². The largest absolute Gasteiger partial charge is 0.465 e. The molecular weight excluding hydrogens is 519 g/mol. The zero-order valence-electron chi connectivity index (χ0n) is 20.8. The summed E-state index contributed by atoms with van der Waals surface area (Å²) in [5, 5.41) is 2.06. The highest BCUT2D eigenvalue weighted by molar-refractivity contribution is 7.80. The molecule has 0 radical (unpaired) electrons. The predicted octanol–water partition coefficient (Wildman–Crippen LogP) is 5.04. The molecule has 2 heterocycles. The number of benzene rings is 2. The highest BCUT2D eigenvalue weighted by Gasteiger charge is 2.37. The second-order valence-corrected chi connectivity index (χ2v) is 9.05. The van der Waals surface area contributed by atoms with Crippen molar-refractivity contribution in [2.24, 2.45) is 0 Å². The number of aromatic nitrogens is 1. The standard InChI is InChI=1S/C27H22F3N3O4S/c1-14-8-9-17(25(36)37-4)12-22(14)32-15(2)10-18(16(32)3)11-21-23(34)31-26(38)33(24(21)35)20-7-5-6-19(13-20)27(28,29)30/h5-13H,1-4H3,(H,31,34,38)/b21-11+. The summed E-state index contributed by atoms with van der Waals surface area (Å²) in [6.07, 6.45) is -3.25. The van der Waals surface area contributed by atoms with Crippen LogP contribution in [0.2, 0.25) is 0 Å². The van der Waals surface area contributed by atoms with Crippen LogP contribution in [0.25, 0.3) is 11.8 Å². The Morgan fingerprint density at radius 1 is 1.05 bits per heavy atom. The van der Waals surface area contributed by atoms with Gasteiger partial charge in [0.25, 0.3) is 11.8 Å². The lowest BCUT2D eigenvalue weighted by Crippen LogP contribution is -2.54. The highest BCUT2D eigenvalue weighted by atomic mass is 32.1. The molecule has 0 atom stereocenters. The molecule has 4 rings (SSSR count). The van der Waals surface area contributed by atoms with Crippen molar-refractivity contribution in [1.29, 1.82) is 0 Å². The molecule has 1 fully saturated rings. The van der Waals surface area contributed by atoms with Gasteiger partial charge in [-0.3, -0.25) is 19.8 Å². The van der Waals surface area contributed by atoms with Crippen LogP contribution < -0.4 is 10.2 Å². The number of hydrogen-bond donors (Lipinski definition) is 1. The number of esters is 1. The van der Waals surface area contributed by atoms with E-state index in [1.165, 1.54) is 19.3 Å². The Morgan fingerprint density at radius 2 is 1.76 bits per heavy atom. The van der Waals surface area contributed by atoms with Gasteiger partial charge in [0.1, 0.15) is 5.57 Å². The van der Waals surface area contributed by atoms with E-state index in [1.54, 1.807) is 31.2 Å². The van der Waals surface area contributed by atoms with Crippen LogP contribution in [0.5, 0.6) is 0 Å². The van der Waals surface area contributed by atoms with Gasteiger partial charge in [-0.15, -0.1) is 0 Å². The molecule has 0 bridgehead atoms. The lowest BCUT2D eigenvalue weighted by atomic mass is 10.1. The third kappa shape index (κ3) is 4.84. The van der Waals surface area contributed by atoms with E-state index in [0.717, 1.165) is 34.4 Å². The van der Waals surface area contributed by atoms with Gasteiger partial charge in [0, 0.05) is 17.1 Å². The van der Waals surface area contributed by atoms with E-state index in [4.69, 9.17) is 17.0 Å². The summed E-state index contributed by atoms with van der Waals surface area (Å²) in [5.41, 5.74) is 2.50. The van der Waals surface area contributed by atoms with Crippen molar-refractivity contribution in [3.63, 3.8) is 0 Å². The number of methoxy groups -OCH3 is 1. The molecule has 11 heteroatoms. The van der Waals surface area contributed by atoms with Crippen LogP contribution in [0.1, 0.15) is 38.4 Å². The summed E-state index contributed by atoms with van der Waals surface area (Å²) in [7, 11) is 1.29. The van der Waals surface area contributed by atoms with Crippen LogP contribution in [0, 0.1) is 20.8 Å². The summed E-state index contributed by atoms with van der Waals surface area (Å²) in [6, 6.07) is 11.0. The fourth-order valence-electron chi connectivity index (χ4n) is 4.27. The zero-order valence-corrected chi connectivity index (χ0v) is 21.6. The zero-order chi connectivity index (χ0) is 27.9. The Bertz CT molecular complexity index is 1540. The molecule has 2 amide bonds. The number of carbonyl (C=O) groups is 3. The number of anilines is 1. The highest BCUT2D eigenvalue weighted by Crippen LogP contribution is 2.33.